The van der Waals surface area contributed by atoms with Crippen molar-refractivity contribution in [3.05, 3.63) is 23.2 Å². The number of ether oxygens (including phenoxy) is 1. The molecule has 0 aliphatic rings. The number of nitrogens with one attached hydrogen (secondary N) is 1. The summed E-state index contributed by atoms with van der Waals surface area (Å²) in [4.78, 5) is 0.178. The van der Waals surface area contributed by atoms with Crippen molar-refractivity contribution in [2.45, 2.75) is 38.0 Å². The summed E-state index contributed by atoms with van der Waals surface area (Å²) in [6.45, 7) is 4.91. The normalized spacial score (nSPS) is 11.5. The van der Waals surface area contributed by atoms with E-state index in [-0.39, 0.29) is 4.90 Å². The van der Waals surface area contributed by atoms with Crippen molar-refractivity contribution in [3.8, 4) is 5.75 Å². The van der Waals surface area contributed by atoms with Crippen LogP contribution in [0.3, 0.4) is 0 Å². The molecule has 0 saturated carbocycles. The zero-order valence-corrected chi connectivity index (χ0v) is 12.9. The third kappa shape index (κ3) is 5.01. The molecule has 0 aliphatic carbocycles. The molecule has 0 unspecified atom stereocenters. The lowest BCUT2D eigenvalue weighted by Crippen LogP contribution is -2.24. The van der Waals surface area contributed by atoms with Gasteiger partial charge in [0.15, 0.2) is 0 Å². The average Bonchev–Trinajstić information content (AvgIpc) is 2.38. The molecule has 0 spiro atoms. The predicted molar refractivity (Wildman–Crippen MR) is 77.3 cm³/mol. The van der Waals surface area contributed by atoms with E-state index >= 15 is 0 Å². The summed E-state index contributed by atoms with van der Waals surface area (Å²) in [5.41, 5.74) is 0. The van der Waals surface area contributed by atoms with Crippen LogP contribution in [0, 0.1) is 0 Å². The Morgan fingerprint density at radius 1 is 1.26 bits per heavy atom. The first-order chi connectivity index (χ1) is 9.01. The highest BCUT2D eigenvalue weighted by Crippen LogP contribution is 2.27. The second-order valence-electron chi connectivity index (χ2n) is 4.19. The van der Waals surface area contributed by atoms with Crippen molar-refractivity contribution in [2.75, 3.05) is 13.2 Å². The third-order valence-electron chi connectivity index (χ3n) is 2.51. The van der Waals surface area contributed by atoms with Crippen LogP contribution in [-0.4, -0.2) is 21.6 Å². The Bertz CT molecular complexity index is 503. The highest BCUT2D eigenvalue weighted by Gasteiger charge is 2.15. The number of hydrogen-bond donors (Lipinski definition) is 1. The van der Waals surface area contributed by atoms with Crippen molar-refractivity contribution in [2.24, 2.45) is 0 Å². The summed E-state index contributed by atoms with van der Waals surface area (Å²) in [5, 5.41) is 0.422. The third-order valence-corrected chi connectivity index (χ3v) is 4.28. The maximum Gasteiger partial charge on any atom is 0.240 e. The molecule has 0 aliphatic heterocycles. The zero-order chi connectivity index (χ0) is 14.3. The second-order valence-corrected chi connectivity index (χ2v) is 6.37. The van der Waals surface area contributed by atoms with E-state index in [9.17, 15) is 8.42 Å². The second kappa shape index (κ2) is 7.72. The molecule has 4 nitrogen and oxygen atoms in total. The summed E-state index contributed by atoms with van der Waals surface area (Å²) < 4.78 is 32.0. The van der Waals surface area contributed by atoms with E-state index in [0.29, 0.717) is 23.9 Å². The minimum Gasteiger partial charge on any atom is -0.492 e. The Morgan fingerprint density at radius 2 is 2.00 bits per heavy atom. The molecule has 0 aromatic heterocycles. The summed E-state index contributed by atoms with van der Waals surface area (Å²) in [6.07, 6.45) is 2.65. The van der Waals surface area contributed by atoms with Gasteiger partial charge in [-0.1, -0.05) is 31.9 Å². The molecule has 108 valence electrons. The molecule has 0 saturated heterocycles. The first-order valence-corrected chi connectivity index (χ1v) is 8.29. The van der Waals surface area contributed by atoms with Crippen molar-refractivity contribution >= 4 is 21.6 Å². The number of halogens is 1. The molecule has 0 atom stereocenters. The van der Waals surface area contributed by atoms with Crippen LogP contribution in [0.25, 0.3) is 0 Å². The van der Waals surface area contributed by atoms with Crippen molar-refractivity contribution in [1.29, 1.82) is 0 Å². The number of rotatable bonds is 8. The van der Waals surface area contributed by atoms with E-state index in [4.69, 9.17) is 16.3 Å². The van der Waals surface area contributed by atoms with E-state index in [1.54, 1.807) is 6.07 Å². The number of sulfonamides is 1. The summed E-state index contributed by atoms with van der Waals surface area (Å²) in [5.74, 6) is 0.412. The summed E-state index contributed by atoms with van der Waals surface area (Å²) in [7, 11) is -3.48. The van der Waals surface area contributed by atoms with Crippen molar-refractivity contribution < 1.29 is 13.2 Å². The van der Waals surface area contributed by atoms with Gasteiger partial charge in [-0.15, -0.1) is 0 Å². The Morgan fingerprint density at radius 3 is 2.63 bits per heavy atom. The minimum atomic E-state index is -3.48. The van der Waals surface area contributed by atoms with Gasteiger partial charge in [0.2, 0.25) is 10.0 Å². The van der Waals surface area contributed by atoms with Gasteiger partial charge in [-0.2, -0.15) is 0 Å². The van der Waals surface area contributed by atoms with E-state index in [1.165, 1.54) is 12.1 Å². The smallest absolute Gasteiger partial charge is 0.240 e. The van der Waals surface area contributed by atoms with Crippen LogP contribution in [0.2, 0.25) is 5.02 Å². The van der Waals surface area contributed by atoms with Crippen LogP contribution in [-0.2, 0) is 10.0 Å². The first kappa shape index (κ1) is 16.3. The van der Waals surface area contributed by atoms with Crippen LogP contribution in [0.15, 0.2) is 23.1 Å². The first-order valence-electron chi connectivity index (χ1n) is 6.43. The van der Waals surface area contributed by atoms with Gasteiger partial charge in [-0.25, -0.2) is 13.1 Å². The number of benzene rings is 1. The van der Waals surface area contributed by atoms with Crippen molar-refractivity contribution in [1.82, 2.24) is 4.72 Å². The Labute approximate surface area is 120 Å². The molecule has 1 N–H and O–H groups in total. The van der Waals surface area contributed by atoms with E-state index in [2.05, 4.69) is 11.6 Å². The van der Waals surface area contributed by atoms with Gasteiger partial charge in [0, 0.05) is 12.6 Å². The van der Waals surface area contributed by atoms with E-state index in [1.807, 2.05) is 6.92 Å². The highest BCUT2D eigenvalue weighted by atomic mass is 35.5. The summed E-state index contributed by atoms with van der Waals surface area (Å²) in [6, 6.07) is 4.49. The zero-order valence-electron chi connectivity index (χ0n) is 11.3. The van der Waals surface area contributed by atoms with Gasteiger partial charge in [-0.3, -0.25) is 0 Å². The fourth-order valence-electron chi connectivity index (χ4n) is 1.41. The van der Waals surface area contributed by atoms with E-state index in [0.717, 1.165) is 19.3 Å². The topological polar surface area (TPSA) is 55.4 Å². The minimum absolute atomic E-state index is 0.178. The maximum atomic E-state index is 12.0. The van der Waals surface area contributed by atoms with Gasteiger partial charge in [0.1, 0.15) is 5.75 Å². The van der Waals surface area contributed by atoms with Crippen LogP contribution < -0.4 is 9.46 Å². The highest BCUT2D eigenvalue weighted by molar-refractivity contribution is 7.89. The molecule has 1 rings (SSSR count). The molecule has 1 aromatic rings. The Balaban J connectivity index is 2.88. The van der Waals surface area contributed by atoms with Gasteiger partial charge < -0.3 is 4.74 Å². The molecular weight excluding hydrogens is 286 g/mol. The monoisotopic (exact) mass is 305 g/mol. The lowest BCUT2D eigenvalue weighted by atomic mass is 10.3. The Hall–Kier alpha value is -0.780. The SMILES string of the molecule is CCCCOc1cc(S(=O)(=O)NCCC)ccc1Cl. The summed E-state index contributed by atoms with van der Waals surface area (Å²) >= 11 is 5.99. The number of hydrogen-bond acceptors (Lipinski definition) is 3. The molecule has 0 radical (unpaired) electrons. The predicted octanol–water partition coefficient (Wildman–Crippen LogP) is 3.21. The molecule has 1 aromatic carbocycles. The van der Waals surface area contributed by atoms with Gasteiger partial charge in [-0.05, 0) is 25.0 Å². The van der Waals surface area contributed by atoms with Gasteiger partial charge >= 0.3 is 0 Å². The Kier molecular flexibility index (Phi) is 6.62. The lowest BCUT2D eigenvalue weighted by Gasteiger charge is -2.10. The van der Waals surface area contributed by atoms with Crippen LogP contribution >= 0.6 is 11.6 Å². The number of unbranched alkanes of at least 4 members (excludes halogenated alkanes) is 1. The fourth-order valence-corrected chi connectivity index (χ4v) is 2.73. The fraction of sp³-hybridized carbons (Fsp3) is 0.538. The van der Waals surface area contributed by atoms with Crippen LogP contribution in [0.1, 0.15) is 33.1 Å². The molecule has 0 bridgehead atoms. The standard InChI is InChI=1S/C13H20ClNO3S/c1-3-5-9-18-13-10-11(6-7-12(13)14)19(16,17)15-8-4-2/h6-7,10,15H,3-5,8-9H2,1-2H3. The average molecular weight is 306 g/mol. The maximum absolute atomic E-state index is 12.0. The van der Waals surface area contributed by atoms with Crippen molar-refractivity contribution in [3.63, 3.8) is 0 Å². The molecule has 0 fully saturated rings. The molecule has 0 heterocycles. The van der Waals surface area contributed by atoms with E-state index < -0.39 is 10.0 Å². The largest absolute Gasteiger partial charge is 0.492 e. The lowest BCUT2D eigenvalue weighted by molar-refractivity contribution is 0.309. The quantitative estimate of drug-likeness (QED) is 0.750. The van der Waals surface area contributed by atoms with Gasteiger partial charge in [0.25, 0.3) is 0 Å². The molecular formula is C13H20ClNO3S. The van der Waals surface area contributed by atoms with Crippen LogP contribution in [0.5, 0.6) is 5.75 Å². The van der Waals surface area contributed by atoms with Crippen LogP contribution in [0.4, 0.5) is 0 Å². The molecule has 19 heavy (non-hydrogen) atoms. The van der Waals surface area contributed by atoms with Gasteiger partial charge in [0.05, 0.1) is 16.5 Å². The molecule has 0 amide bonds. The molecule has 6 heteroatoms.